The fourth-order valence-electron chi connectivity index (χ4n) is 1.99. The van der Waals surface area contributed by atoms with E-state index in [-0.39, 0.29) is 0 Å². The van der Waals surface area contributed by atoms with Crippen molar-refractivity contribution in [1.82, 2.24) is 14.8 Å². The number of nitrogens with zero attached hydrogens (tertiary/aromatic N) is 3. The Balaban J connectivity index is 2.05. The zero-order valence-corrected chi connectivity index (χ0v) is 9.24. The van der Waals surface area contributed by atoms with Gasteiger partial charge in [-0.3, -0.25) is 0 Å². The zero-order chi connectivity index (χ0) is 11.7. The zero-order valence-electron chi connectivity index (χ0n) is 9.24. The number of fused-ring (bicyclic) bond motifs is 1. The van der Waals surface area contributed by atoms with Crippen LogP contribution >= 0.6 is 0 Å². The molecule has 4 nitrogen and oxygen atoms in total. The van der Waals surface area contributed by atoms with Gasteiger partial charge in [0.25, 0.3) is 0 Å². The number of anilines is 1. The molecule has 0 amide bonds. The summed E-state index contributed by atoms with van der Waals surface area (Å²) in [6.07, 6.45) is 1.65. The molecular weight excluding hydrogens is 212 g/mol. The molecule has 84 valence electrons. The van der Waals surface area contributed by atoms with E-state index in [0.29, 0.717) is 12.5 Å². The second kappa shape index (κ2) is 3.90. The molecule has 3 rings (SSSR count). The maximum atomic E-state index is 5.50. The topological polar surface area (TPSA) is 56.7 Å². The van der Waals surface area contributed by atoms with Crippen LogP contribution in [0, 0.1) is 0 Å². The van der Waals surface area contributed by atoms with E-state index in [1.807, 2.05) is 12.1 Å². The van der Waals surface area contributed by atoms with E-state index in [9.17, 15) is 0 Å². The first-order valence-corrected chi connectivity index (χ1v) is 5.44. The molecule has 17 heavy (non-hydrogen) atoms. The molecule has 0 unspecified atom stereocenters. The molecule has 0 radical (unpaired) electrons. The third kappa shape index (κ3) is 1.85. The van der Waals surface area contributed by atoms with Gasteiger partial charge in [0.05, 0.1) is 6.54 Å². The number of nitrogens with two attached hydrogens (primary N) is 1. The van der Waals surface area contributed by atoms with Crippen molar-refractivity contribution >= 4 is 16.7 Å². The molecule has 0 saturated heterocycles. The molecule has 0 saturated carbocycles. The second-order valence-corrected chi connectivity index (χ2v) is 3.94. The van der Waals surface area contributed by atoms with Crippen molar-refractivity contribution in [2.45, 2.75) is 6.54 Å². The van der Waals surface area contributed by atoms with Gasteiger partial charge in [-0.15, -0.1) is 5.10 Å². The first kappa shape index (κ1) is 9.84. The summed E-state index contributed by atoms with van der Waals surface area (Å²) in [5.41, 5.74) is 6.72. The standard InChI is InChI=1S/C13H12N4/c14-13-15-9-17(16-13)8-11-6-3-5-10-4-1-2-7-12(10)11/h1-7,9H,8H2,(H2,14,16). The molecule has 0 aliphatic carbocycles. The van der Waals surface area contributed by atoms with E-state index < -0.39 is 0 Å². The highest BCUT2D eigenvalue weighted by Crippen LogP contribution is 2.19. The van der Waals surface area contributed by atoms with Crippen LogP contribution in [0.3, 0.4) is 0 Å². The van der Waals surface area contributed by atoms with E-state index >= 15 is 0 Å². The van der Waals surface area contributed by atoms with Gasteiger partial charge in [-0.05, 0) is 16.3 Å². The van der Waals surface area contributed by atoms with Gasteiger partial charge in [0.15, 0.2) is 0 Å². The minimum Gasteiger partial charge on any atom is -0.367 e. The van der Waals surface area contributed by atoms with E-state index in [4.69, 9.17) is 5.73 Å². The van der Waals surface area contributed by atoms with Gasteiger partial charge in [-0.1, -0.05) is 42.5 Å². The van der Waals surface area contributed by atoms with Crippen LogP contribution in [0.4, 0.5) is 5.95 Å². The lowest BCUT2D eigenvalue weighted by Gasteiger charge is -2.05. The van der Waals surface area contributed by atoms with Gasteiger partial charge in [-0.2, -0.15) is 0 Å². The van der Waals surface area contributed by atoms with Crippen LogP contribution in [0.5, 0.6) is 0 Å². The maximum absolute atomic E-state index is 5.50. The van der Waals surface area contributed by atoms with E-state index in [1.54, 1.807) is 11.0 Å². The molecular formula is C13H12N4. The van der Waals surface area contributed by atoms with Gasteiger partial charge in [0.1, 0.15) is 6.33 Å². The van der Waals surface area contributed by atoms with Gasteiger partial charge in [0.2, 0.25) is 5.95 Å². The van der Waals surface area contributed by atoms with Gasteiger partial charge in [-0.25, -0.2) is 9.67 Å². The molecule has 0 bridgehead atoms. The van der Waals surface area contributed by atoms with Crippen LogP contribution < -0.4 is 5.73 Å². The Kier molecular flexibility index (Phi) is 2.26. The van der Waals surface area contributed by atoms with Crippen molar-refractivity contribution in [2.24, 2.45) is 0 Å². The molecule has 4 heteroatoms. The van der Waals surface area contributed by atoms with Crippen molar-refractivity contribution in [2.75, 3.05) is 5.73 Å². The quantitative estimate of drug-likeness (QED) is 0.724. The third-order valence-electron chi connectivity index (χ3n) is 2.77. The summed E-state index contributed by atoms with van der Waals surface area (Å²) in [4.78, 5) is 3.92. The van der Waals surface area contributed by atoms with Crippen LogP contribution in [0.2, 0.25) is 0 Å². The molecule has 0 spiro atoms. The van der Waals surface area contributed by atoms with E-state index in [2.05, 4.69) is 40.4 Å². The fourth-order valence-corrected chi connectivity index (χ4v) is 1.99. The van der Waals surface area contributed by atoms with Crippen LogP contribution in [-0.4, -0.2) is 14.8 Å². The highest BCUT2D eigenvalue weighted by Gasteiger charge is 2.02. The minimum absolute atomic E-state index is 0.310. The average Bonchev–Trinajstić information content (AvgIpc) is 2.75. The molecule has 1 heterocycles. The average molecular weight is 224 g/mol. The highest BCUT2D eigenvalue weighted by molar-refractivity contribution is 5.85. The summed E-state index contributed by atoms with van der Waals surface area (Å²) in [7, 11) is 0. The Bertz CT molecular complexity index is 652. The number of hydrogen-bond donors (Lipinski definition) is 1. The first-order valence-electron chi connectivity index (χ1n) is 5.44. The minimum atomic E-state index is 0.310. The summed E-state index contributed by atoms with van der Waals surface area (Å²) in [5, 5.41) is 6.57. The highest BCUT2D eigenvalue weighted by atomic mass is 15.4. The molecule has 0 aliphatic rings. The van der Waals surface area contributed by atoms with Crippen LogP contribution in [0.15, 0.2) is 48.8 Å². The van der Waals surface area contributed by atoms with Crippen molar-refractivity contribution in [1.29, 1.82) is 0 Å². The molecule has 2 aromatic carbocycles. The number of nitrogen functional groups attached to an aromatic ring is 1. The van der Waals surface area contributed by atoms with Crippen LogP contribution in [-0.2, 0) is 6.54 Å². The van der Waals surface area contributed by atoms with Gasteiger partial charge >= 0.3 is 0 Å². The lowest BCUT2D eigenvalue weighted by molar-refractivity contribution is 0.691. The lowest BCUT2D eigenvalue weighted by Crippen LogP contribution is -2.01. The second-order valence-electron chi connectivity index (χ2n) is 3.94. The molecule has 2 N–H and O–H groups in total. The first-order chi connectivity index (χ1) is 8.33. The Labute approximate surface area is 98.7 Å². The van der Waals surface area contributed by atoms with Crippen molar-refractivity contribution in [3.8, 4) is 0 Å². The SMILES string of the molecule is Nc1ncn(Cc2cccc3ccccc23)n1. The smallest absolute Gasteiger partial charge is 0.239 e. The molecule has 0 aliphatic heterocycles. The summed E-state index contributed by atoms with van der Waals surface area (Å²) < 4.78 is 1.75. The number of rotatable bonds is 2. The van der Waals surface area contributed by atoms with E-state index in [0.717, 1.165) is 0 Å². The summed E-state index contributed by atoms with van der Waals surface area (Å²) >= 11 is 0. The van der Waals surface area contributed by atoms with Gasteiger partial charge in [0, 0.05) is 0 Å². The van der Waals surface area contributed by atoms with Gasteiger partial charge < -0.3 is 5.73 Å². The van der Waals surface area contributed by atoms with Crippen LogP contribution in [0.25, 0.3) is 10.8 Å². The maximum Gasteiger partial charge on any atom is 0.239 e. The lowest BCUT2D eigenvalue weighted by atomic mass is 10.0. The predicted molar refractivity (Wildman–Crippen MR) is 67.5 cm³/mol. The summed E-state index contributed by atoms with van der Waals surface area (Å²) in [6, 6.07) is 14.6. The summed E-state index contributed by atoms with van der Waals surface area (Å²) in [6.45, 7) is 0.686. The molecule has 1 aromatic heterocycles. The largest absolute Gasteiger partial charge is 0.367 e. The summed E-state index contributed by atoms with van der Waals surface area (Å²) in [5.74, 6) is 0.310. The normalized spacial score (nSPS) is 10.8. The van der Waals surface area contributed by atoms with Crippen molar-refractivity contribution in [3.63, 3.8) is 0 Å². The van der Waals surface area contributed by atoms with E-state index in [1.165, 1.54) is 16.3 Å². The molecule has 0 atom stereocenters. The Morgan fingerprint density at radius 2 is 1.88 bits per heavy atom. The molecule has 3 aromatic rings. The van der Waals surface area contributed by atoms with Crippen molar-refractivity contribution in [3.05, 3.63) is 54.4 Å². The molecule has 0 fully saturated rings. The monoisotopic (exact) mass is 224 g/mol. The third-order valence-corrected chi connectivity index (χ3v) is 2.77. The Hall–Kier alpha value is -2.36. The Morgan fingerprint density at radius 1 is 1.06 bits per heavy atom. The number of aromatic nitrogens is 3. The Morgan fingerprint density at radius 3 is 2.71 bits per heavy atom. The fraction of sp³-hybridized carbons (Fsp3) is 0.0769. The number of benzene rings is 2. The number of hydrogen-bond acceptors (Lipinski definition) is 3. The predicted octanol–water partition coefficient (Wildman–Crippen LogP) is 2.06. The van der Waals surface area contributed by atoms with Crippen LogP contribution in [0.1, 0.15) is 5.56 Å². The van der Waals surface area contributed by atoms with Crippen molar-refractivity contribution < 1.29 is 0 Å².